The second-order valence-corrected chi connectivity index (χ2v) is 11.4. The zero-order valence-corrected chi connectivity index (χ0v) is 26.3. The second-order valence-electron chi connectivity index (χ2n) is 9.19. The van der Waals surface area contributed by atoms with Crippen LogP contribution in [0, 0.1) is 0 Å². The molecule has 1 aromatic carbocycles. The number of oxime groups is 1. The quantitative estimate of drug-likeness (QED) is 0.0293. The molecular formula is C24H32N12O9S2. The Morgan fingerprint density at radius 3 is 2.45 bits per heavy atom. The van der Waals surface area contributed by atoms with E-state index < -0.39 is 52.5 Å². The topological polar surface area (TPSA) is 332 Å². The number of β-lactam (4-membered cyclic amide) rings is 1. The highest BCUT2D eigenvalue weighted by Crippen LogP contribution is 2.25. The Morgan fingerprint density at radius 2 is 1.91 bits per heavy atom. The molecule has 254 valence electrons. The van der Waals surface area contributed by atoms with Gasteiger partial charge in [0.25, 0.3) is 11.8 Å². The molecule has 1 fully saturated rings. The molecule has 1 aliphatic rings. The predicted molar refractivity (Wildman–Crippen MR) is 166 cm³/mol. The number of nitrogen functional groups attached to an aromatic ring is 1. The number of anilines is 1. The van der Waals surface area contributed by atoms with E-state index in [1.807, 2.05) is 24.3 Å². The highest BCUT2D eigenvalue weighted by molar-refractivity contribution is 7.84. The molecule has 1 saturated heterocycles. The Labute approximate surface area is 271 Å². The number of rotatable bonds is 14. The van der Waals surface area contributed by atoms with Gasteiger partial charge in [0, 0.05) is 24.0 Å². The van der Waals surface area contributed by atoms with Gasteiger partial charge in [-0.3, -0.25) is 19.1 Å². The number of benzene rings is 1. The molecule has 4 rings (SSSR count). The van der Waals surface area contributed by atoms with Crippen LogP contribution in [0.5, 0.6) is 5.75 Å². The van der Waals surface area contributed by atoms with Gasteiger partial charge in [0.05, 0.1) is 32.1 Å². The summed E-state index contributed by atoms with van der Waals surface area (Å²) in [5.41, 5.74) is 22.7. The van der Waals surface area contributed by atoms with E-state index in [1.165, 1.54) is 11.6 Å². The number of carbonyl (C=O) groups excluding carboxylic acids is 2. The summed E-state index contributed by atoms with van der Waals surface area (Å²) in [5, 5.41) is 23.7. The van der Waals surface area contributed by atoms with E-state index in [1.54, 1.807) is 7.11 Å². The predicted octanol–water partition coefficient (Wildman–Crippen LogP) is -2.86. The zero-order chi connectivity index (χ0) is 34.7. The van der Waals surface area contributed by atoms with Crippen molar-refractivity contribution in [3.63, 3.8) is 0 Å². The number of ether oxygens (including phenoxy) is 1. The summed E-state index contributed by atoms with van der Waals surface area (Å²) in [4.78, 5) is 49.5. The number of thiazole rings is 1. The van der Waals surface area contributed by atoms with Gasteiger partial charge in [-0.15, -0.1) is 11.3 Å². The maximum Gasteiger partial charge on any atom is 0.362 e. The number of carboxylic acid groups (broad SMARTS) is 1. The normalized spacial score (nSPS) is 16.5. The van der Waals surface area contributed by atoms with Crippen LogP contribution < -0.4 is 33.0 Å². The number of amidine groups is 1. The average molecular weight is 697 g/mol. The minimum Gasteiger partial charge on any atom is -0.497 e. The maximum absolute atomic E-state index is 12.8. The number of nitrogens with zero attached hydrogens (tertiary/aromatic N) is 7. The van der Waals surface area contributed by atoms with Crippen LogP contribution in [-0.4, -0.2) is 111 Å². The van der Waals surface area contributed by atoms with Crippen LogP contribution in [0.15, 0.2) is 46.0 Å². The van der Waals surface area contributed by atoms with E-state index in [9.17, 15) is 27.4 Å². The number of aliphatic imine (C=N–C) groups is 1. The fourth-order valence-electron chi connectivity index (χ4n) is 3.82. The van der Waals surface area contributed by atoms with E-state index in [-0.39, 0.29) is 28.2 Å². The molecule has 47 heavy (non-hydrogen) atoms. The van der Waals surface area contributed by atoms with Crippen LogP contribution >= 0.6 is 11.3 Å². The van der Waals surface area contributed by atoms with Gasteiger partial charge in [0.1, 0.15) is 29.4 Å². The summed E-state index contributed by atoms with van der Waals surface area (Å²) in [6.07, 6.45) is 1.32. The first-order valence-corrected chi connectivity index (χ1v) is 15.5. The first-order chi connectivity index (χ1) is 22.3. The third-order valence-electron chi connectivity index (χ3n) is 5.97. The first-order valence-electron chi connectivity index (χ1n) is 13.3. The first kappa shape index (κ1) is 36.2. The number of carbonyl (C=O) groups is 3. The monoisotopic (exact) mass is 696 g/mol. The largest absolute Gasteiger partial charge is 0.497 e. The highest BCUT2D eigenvalue weighted by Gasteiger charge is 2.54. The van der Waals surface area contributed by atoms with Crippen molar-refractivity contribution in [1.82, 2.24) is 29.6 Å². The summed E-state index contributed by atoms with van der Waals surface area (Å²) in [6, 6.07) is 4.70. The van der Waals surface area contributed by atoms with Crippen LogP contribution in [0.3, 0.4) is 0 Å². The van der Waals surface area contributed by atoms with Crippen LogP contribution in [0.25, 0.3) is 0 Å². The van der Waals surface area contributed by atoms with Crippen LogP contribution in [0.4, 0.5) is 5.13 Å². The van der Waals surface area contributed by atoms with Crippen molar-refractivity contribution in [3.8, 4) is 5.75 Å². The van der Waals surface area contributed by atoms with Gasteiger partial charge in [-0.05, 0) is 24.3 Å². The lowest BCUT2D eigenvalue weighted by Crippen LogP contribution is -2.73. The molecule has 0 saturated carbocycles. The molecule has 2 amide bonds. The number of nitrogens with two attached hydrogens (primary N) is 4. The van der Waals surface area contributed by atoms with Crippen LogP contribution in [0.1, 0.15) is 17.0 Å². The number of amides is 2. The lowest BCUT2D eigenvalue weighted by molar-refractivity contribution is -0.145. The third kappa shape index (κ3) is 9.88. The van der Waals surface area contributed by atoms with Crippen molar-refractivity contribution in [2.24, 2.45) is 27.3 Å². The third-order valence-corrected chi connectivity index (χ3v) is 7.59. The fraction of sp³-hybridized carbons (Fsp3) is 0.333. The molecular weight excluding hydrogens is 664 g/mol. The highest BCUT2D eigenvalue weighted by atomic mass is 32.2. The Balaban J connectivity index is 0.000000358. The van der Waals surface area contributed by atoms with Gasteiger partial charge in [-0.2, -0.15) is 23.4 Å². The smallest absolute Gasteiger partial charge is 0.362 e. The maximum atomic E-state index is 12.8. The number of hydrogen-bond acceptors (Lipinski definition) is 16. The van der Waals surface area contributed by atoms with Gasteiger partial charge >= 0.3 is 16.3 Å². The van der Waals surface area contributed by atoms with Crippen molar-refractivity contribution in [3.05, 3.63) is 52.8 Å². The molecule has 21 nitrogen and oxygen atoms in total. The summed E-state index contributed by atoms with van der Waals surface area (Å²) < 4.78 is 37.9. The molecule has 3 heterocycles. The lowest BCUT2D eigenvalue weighted by Gasteiger charge is -2.43. The number of carboxylic acids is 1. The van der Waals surface area contributed by atoms with Gasteiger partial charge in [0.2, 0.25) is 6.61 Å². The van der Waals surface area contributed by atoms with E-state index >= 15 is 0 Å². The summed E-state index contributed by atoms with van der Waals surface area (Å²) in [5.74, 6) is -2.22. The Kier molecular flexibility index (Phi) is 12.6. The lowest BCUT2D eigenvalue weighted by atomic mass is 9.98. The van der Waals surface area contributed by atoms with Crippen molar-refractivity contribution in [2.75, 3.05) is 32.5 Å². The SMILES string of the molecule is COc1ccc(C(N)=NCCN)cc1.NCc1cnn(CC2C(NC(=O)/C(=N\OCC(=O)O)c3csc(N)n3)C(=O)N2S(=O)(=O)O)n1. The van der Waals surface area contributed by atoms with Crippen molar-refractivity contribution in [2.45, 2.75) is 25.2 Å². The number of aromatic nitrogens is 4. The second kappa shape index (κ2) is 16.4. The van der Waals surface area contributed by atoms with E-state index in [0.717, 1.165) is 27.4 Å². The van der Waals surface area contributed by atoms with Crippen molar-refractivity contribution < 1.29 is 42.0 Å². The number of nitrogens with one attached hydrogen (secondary N) is 1. The average Bonchev–Trinajstić information content (AvgIpc) is 3.68. The molecule has 0 spiro atoms. The van der Waals surface area contributed by atoms with E-state index in [0.29, 0.717) is 24.6 Å². The van der Waals surface area contributed by atoms with Crippen LogP contribution in [0.2, 0.25) is 0 Å². The zero-order valence-electron chi connectivity index (χ0n) is 24.7. The van der Waals surface area contributed by atoms with E-state index in [2.05, 4.69) is 35.5 Å². The van der Waals surface area contributed by atoms with Crippen molar-refractivity contribution in [1.29, 1.82) is 0 Å². The minimum atomic E-state index is -4.95. The molecule has 0 aliphatic carbocycles. The Hall–Kier alpha value is -5.23. The number of hydrogen-bond donors (Lipinski definition) is 7. The number of methoxy groups -OCH3 is 1. The number of aliphatic carboxylic acids is 1. The summed E-state index contributed by atoms with van der Waals surface area (Å²) in [6.45, 7) is -0.0676. The van der Waals surface area contributed by atoms with Gasteiger partial charge < -0.3 is 42.9 Å². The molecule has 2 unspecified atom stereocenters. The van der Waals surface area contributed by atoms with Gasteiger partial charge in [0.15, 0.2) is 10.8 Å². The molecule has 11 N–H and O–H groups in total. The van der Waals surface area contributed by atoms with Gasteiger partial charge in [-0.1, -0.05) is 5.16 Å². The summed E-state index contributed by atoms with van der Waals surface area (Å²) in [7, 11) is -3.33. The molecule has 2 atom stereocenters. The van der Waals surface area contributed by atoms with Crippen LogP contribution in [-0.2, 0) is 42.6 Å². The molecule has 23 heteroatoms. The van der Waals surface area contributed by atoms with Crippen molar-refractivity contribution >= 4 is 56.1 Å². The summed E-state index contributed by atoms with van der Waals surface area (Å²) >= 11 is 0.956. The minimum absolute atomic E-state index is 0.0543. The van der Waals surface area contributed by atoms with E-state index in [4.69, 9.17) is 32.8 Å². The molecule has 2 aromatic heterocycles. The molecule has 1 aliphatic heterocycles. The fourth-order valence-corrected chi connectivity index (χ4v) is 5.24. The standard InChI is InChI=1S/C14H17N9O8S2.C10H15N3O/c15-1-6-2-17-22(20-6)3-8-11(13(27)23(8)33(28,29)30)19-12(26)10(21-31-4-9(24)25)7-5-32-14(16)18-7;1-14-9-4-2-8(3-5-9)10(12)13-7-6-11/h2,5,8,11H,1,3-4,15H2,(H2,16,18)(H,19,26)(H,24,25)(H,28,29,30);2-5H,6-7,11H2,1H3,(H2,12,13)/b21-10-;. The Bertz CT molecular complexity index is 1720. The molecule has 0 bridgehead atoms. The molecule has 3 aromatic rings. The van der Waals surface area contributed by atoms with Gasteiger partial charge in [-0.25, -0.2) is 14.1 Å². The molecule has 0 radical (unpaired) electrons. The Morgan fingerprint density at radius 1 is 1.21 bits per heavy atom.